The maximum absolute atomic E-state index is 14.7. The van der Waals surface area contributed by atoms with E-state index in [1.807, 2.05) is 103 Å². The fraction of sp³-hybridized carbons (Fsp3) is 0.0256. The van der Waals surface area contributed by atoms with E-state index in [4.69, 9.17) is 0 Å². The van der Waals surface area contributed by atoms with Crippen molar-refractivity contribution >= 4 is 39.3 Å². The SMILES string of the molecule is Cc1ccc2c(c1)c1ccccc1n2-c1cccc2c1C(=O)N(c1c(-c3ccccc3)cccc1-c1ccccc1)C2=O. The van der Waals surface area contributed by atoms with Crippen LogP contribution in [0.4, 0.5) is 5.69 Å². The number of rotatable bonds is 4. The lowest BCUT2D eigenvalue weighted by Crippen LogP contribution is -2.30. The molecule has 0 saturated carbocycles. The Morgan fingerprint density at radius 3 is 1.77 bits per heavy atom. The van der Waals surface area contributed by atoms with Crippen LogP contribution in [-0.4, -0.2) is 16.4 Å². The van der Waals surface area contributed by atoms with Gasteiger partial charge < -0.3 is 4.57 Å². The summed E-state index contributed by atoms with van der Waals surface area (Å²) in [5.41, 5.74) is 8.78. The second-order valence-electron chi connectivity index (χ2n) is 11.0. The fourth-order valence-electron chi connectivity index (χ4n) is 6.49. The summed E-state index contributed by atoms with van der Waals surface area (Å²) in [4.78, 5) is 30.5. The number of para-hydroxylation sites is 2. The number of carbonyl (C=O) groups excluding carboxylic acids is 2. The van der Waals surface area contributed by atoms with Gasteiger partial charge in [-0.3, -0.25) is 9.59 Å². The van der Waals surface area contributed by atoms with E-state index >= 15 is 0 Å². The number of fused-ring (bicyclic) bond motifs is 4. The average molecular weight is 555 g/mol. The van der Waals surface area contributed by atoms with Gasteiger partial charge >= 0.3 is 0 Å². The maximum atomic E-state index is 14.7. The minimum atomic E-state index is -0.325. The van der Waals surface area contributed by atoms with E-state index in [1.54, 1.807) is 6.07 Å². The lowest BCUT2D eigenvalue weighted by atomic mass is 9.95. The van der Waals surface area contributed by atoms with Crippen molar-refractivity contribution in [3.63, 3.8) is 0 Å². The first-order valence-corrected chi connectivity index (χ1v) is 14.4. The van der Waals surface area contributed by atoms with Gasteiger partial charge in [-0.1, -0.05) is 115 Å². The van der Waals surface area contributed by atoms with Gasteiger partial charge in [-0.25, -0.2) is 4.90 Å². The van der Waals surface area contributed by atoms with Crippen molar-refractivity contribution in [2.24, 2.45) is 0 Å². The van der Waals surface area contributed by atoms with E-state index in [-0.39, 0.29) is 11.8 Å². The Kier molecular flexibility index (Phi) is 5.63. The van der Waals surface area contributed by atoms with Gasteiger partial charge in [-0.2, -0.15) is 0 Å². The van der Waals surface area contributed by atoms with Crippen molar-refractivity contribution in [2.75, 3.05) is 4.90 Å². The molecule has 204 valence electrons. The largest absolute Gasteiger partial charge is 0.308 e. The number of hydrogen-bond donors (Lipinski definition) is 0. The molecule has 0 bridgehead atoms. The Morgan fingerprint density at radius 1 is 0.488 bits per heavy atom. The summed E-state index contributed by atoms with van der Waals surface area (Å²) in [7, 11) is 0. The zero-order valence-corrected chi connectivity index (χ0v) is 23.5. The van der Waals surface area contributed by atoms with Gasteiger partial charge in [0, 0.05) is 21.9 Å². The number of carbonyl (C=O) groups is 2. The molecule has 7 aromatic rings. The van der Waals surface area contributed by atoms with Gasteiger partial charge in [0.05, 0.1) is 33.5 Å². The molecule has 2 heterocycles. The van der Waals surface area contributed by atoms with Crippen LogP contribution in [0.5, 0.6) is 0 Å². The number of imide groups is 1. The topological polar surface area (TPSA) is 42.3 Å². The Labute approximate surface area is 249 Å². The molecule has 0 N–H and O–H groups in total. The van der Waals surface area contributed by atoms with E-state index in [2.05, 4.69) is 41.8 Å². The van der Waals surface area contributed by atoms with E-state index in [1.165, 1.54) is 4.90 Å². The van der Waals surface area contributed by atoms with Crippen LogP contribution in [0.15, 0.2) is 140 Å². The average Bonchev–Trinajstić information content (AvgIpc) is 3.51. The number of aromatic nitrogens is 1. The molecule has 6 aromatic carbocycles. The molecule has 0 saturated heterocycles. The summed E-state index contributed by atoms with van der Waals surface area (Å²) in [6.07, 6.45) is 0. The van der Waals surface area contributed by atoms with Gasteiger partial charge in [0.25, 0.3) is 11.8 Å². The second-order valence-corrected chi connectivity index (χ2v) is 11.0. The van der Waals surface area contributed by atoms with Crippen LogP contribution in [0.1, 0.15) is 26.3 Å². The standard InChI is InChI=1S/C39H26N2O2/c1-25-22-23-34-32(24-25)30-16-8-9-20-33(30)40(34)35-21-11-19-31-36(35)39(43)41(38(31)42)37-28(26-12-4-2-5-13-26)17-10-18-29(37)27-14-6-3-7-15-27/h2-24H,1H3. The number of nitrogens with zero attached hydrogens (tertiary/aromatic N) is 2. The predicted octanol–water partition coefficient (Wildman–Crippen LogP) is 9.23. The van der Waals surface area contributed by atoms with Gasteiger partial charge in [0.2, 0.25) is 0 Å². The molecule has 0 radical (unpaired) electrons. The highest BCUT2D eigenvalue weighted by molar-refractivity contribution is 6.37. The maximum Gasteiger partial charge on any atom is 0.268 e. The molecular weight excluding hydrogens is 528 g/mol. The molecule has 1 aliphatic rings. The zero-order valence-electron chi connectivity index (χ0n) is 23.5. The second kappa shape index (κ2) is 9.68. The Balaban J connectivity index is 1.39. The van der Waals surface area contributed by atoms with Crippen molar-refractivity contribution < 1.29 is 9.59 Å². The highest BCUT2D eigenvalue weighted by Crippen LogP contribution is 2.44. The van der Waals surface area contributed by atoms with Crippen LogP contribution in [0.2, 0.25) is 0 Å². The molecule has 0 atom stereocenters. The van der Waals surface area contributed by atoms with E-state index in [9.17, 15) is 9.59 Å². The zero-order chi connectivity index (χ0) is 29.1. The van der Waals surface area contributed by atoms with E-state index < -0.39 is 0 Å². The van der Waals surface area contributed by atoms with Crippen LogP contribution >= 0.6 is 0 Å². The number of aryl methyl sites for hydroxylation is 1. The van der Waals surface area contributed by atoms with Crippen LogP contribution in [0.25, 0.3) is 49.7 Å². The first-order chi connectivity index (χ1) is 21.1. The van der Waals surface area contributed by atoms with Gasteiger partial charge in [-0.05, 0) is 48.4 Å². The molecule has 1 aromatic heterocycles. The molecule has 0 spiro atoms. The van der Waals surface area contributed by atoms with Crippen LogP contribution in [0, 0.1) is 6.92 Å². The van der Waals surface area contributed by atoms with Gasteiger partial charge in [0.1, 0.15) is 0 Å². The van der Waals surface area contributed by atoms with Gasteiger partial charge in [0.15, 0.2) is 0 Å². The minimum absolute atomic E-state index is 0.320. The van der Waals surface area contributed by atoms with E-state index in [0.29, 0.717) is 22.5 Å². The quantitative estimate of drug-likeness (QED) is 0.204. The third-order valence-electron chi connectivity index (χ3n) is 8.39. The summed E-state index contributed by atoms with van der Waals surface area (Å²) in [5, 5.41) is 2.22. The summed E-state index contributed by atoms with van der Waals surface area (Å²) >= 11 is 0. The third-order valence-corrected chi connectivity index (χ3v) is 8.39. The third kappa shape index (κ3) is 3.77. The molecule has 43 heavy (non-hydrogen) atoms. The minimum Gasteiger partial charge on any atom is -0.308 e. The summed E-state index contributed by atoms with van der Waals surface area (Å²) in [5.74, 6) is -0.645. The van der Waals surface area contributed by atoms with Crippen molar-refractivity contribution in [1.82, 2.24) is 4.57 Å². The van der Waals surface area contributed by atoms with Gasteiger partial charge in [-0.15, -0.1) is 0 Å². The fourth-order valence-corrected chi connectivity index (χ4v) is 6.49. The van der Waals surface area contributed by atoms with Crippen molar-refractivity contribution in [3.05, 3.63) is 156 Å². The molecule has 4 nitrogen and oxygen atoms in total. The number of anilines is 1. The lowest BCUT2D eigenvalue weighted by molar-refractivity contribution is 0.0926. The predicted molar refractivity (Wildman–Crippen MR) is 174 cm³/mol. The number of hydrogen-bond acceptors (Lipinski definition) is 2. The molecule has 8 rings (SSSR count). The molecule has 2 amide bonds. The molecule has 0 unspecified atom stereocenters. The number of amides is 2. The van der Waals surface area contributed by atoms with E-state index in [0.717, 1.165) is 49.6 Å². The highest BCUT2D eigenvalue weighted by atomic mass is 16.2. The molecule has 0 aliphatic carbocycles. The first-order valence-electron chi connectivity index (χ1n) is 14.4. The van der Waals surface area contributed by atoms with Crippen LogP contribution in [0.3, 0.4) is 0 Å². The summed E-state index contributed by atoms with van der Waals surface area (Å²) < 4.78 is 2.12. The number of benzene rings is 6. The summed E-state index contributed by atoms with van der Waals surface area (Å²) in [6.45, 7) is 2.08. The molecule has 0 fully saturated rings. The Bertz CT molecular complexity index is 2170. The van der Waals surface area contributed by atoms with Crippen molar-refractivity contribution in [3.8, 4) is 27.9 Å². The normalized spacial score (nSPS) is 12.8. The Hall–Kier alpha value is -5.74. The monoisotopic (exact) mass is 554 g/mol. The lowest BCUT2D eigenvalue weighted by Gasteiger charge is -2.23. The van der Waals surface area contributed by atoms with Crippen molar-refractivity contribution in [1.29, 1.82) is 0 Å². The molecular formula is C39H26N2O2. The van der Waals surface area contributed by atoms with Crippen LogP contribution in [-0.2, 0) is 0 Å². The Morgan fingerprint density at radius 2 is 1.07 bits per heavy atom. The van der Waals surface area contributed by atoms with Crippen LogP contribution < -0.4 is 4.90 Å². The highest BCUT2D eigenvalue weighted by Gasteiger charge is 2.41. The molecule has 1 aliphatic heterocycles. The summed E-state index contributed by atoms with van der Waals surface area (Å²) in [6, 6.07) is 46.0. The smallest absolute Gasteiger partial charge is 0.268 e. The van der Waals surface area contributed by atoms with Crippen molar-refractivity contribution in [2.45, 2.75) is 6.92 Å². The molecule has 4 heteroatoms. The first kappa shape index (κ1) is 25.0.